The molecule has 0 aromatic rings. The van der Waals surface area contributed by atoms with Crippen LogP contribution in [0.3, 0.4) is 0 Å². The first-order valence-electron chi connectivity index (χ1n) is 4.32. The van der Waals surface area contributed by atoms with Crippen molar-refractivity contribution in [2.24, 2.45) is 23.7 Å². The smallest absolute Gasteiger partial charge is 0.0662 e. The van der Waals surface area contributed by atoms with Crippen molar-refractivity contribution >= 4 is 0 Å². The standard InChI is InChI=1S/C10H10N2/c11-5-9-4-8-2-1-7(9)3-10(8)6-12/h1-2,7-10H,3-4H2/t7-,8-,9-,10+/m1/s1. The van der Waals surface area contributed by atoms with Crippen molar-refractivity contribution in [1.29, 1.82) is 10.5 Å². The predicted molar refractivity (Wildman–Crippen MR) is 43.6 cm³/mol. The molecule has 0 spiro atoms. The Kier molecular flexibility index (Phi) is 1.62. The van der Waals surface area contributed by atoms with E-state index in [0.29, 0.717) is 11.8 Å². The minimum absolute atomic E-state index is 0.171. The Morgan fingerprint density at radius 2 is 1.33 bits per heavy atom. The molecule has 4 atom stereocenters. The minimum Gasteiger partial charge on any atom is -0.198 e. The molecule has 2 bridgehead atoms. The quantitative estimate of drug-likeness (QED) is 0.505. The molecule has 2 heteroatoms. The fourth-order valence-electron chi connectivity index (χ4n) is 2.27. The zero-order chi connectivity index (χ0) is 8.55. The highest BCUT2D eigenvalue weighted by atomic mass is 14.4. The van der Waals surface area contributed by atoms with E-state index in [0.717, 1.165) is 12.8 Å². The lowest BCUT2D eigenvalue weighted by Gasteiger charge is -2.37. The number of fused-ring (bicyclic) bond motifs is 2. The molecule has 0 radical (unpaired) electrons. The topological polar surface area (TPSA) is 47.6 Å². The van der Waals surface area contributed by atoms with Gasteiger partial charge < -0.3 is 0 Å². The number of hydrogen-bond donors (Lipinski definition) is 0. The minimum atomic E-state index is 0.171. The zero-order valence-corrected chi connectivity index (χ0v) is 6.77. The first kappa shape index (κ1) is 7.37. The summed E-state index contributed by atoms with van der Waals surface area (Å²) < 4.78 is 0. The van der Waals surface area contributed by atoms with Crippen molar-refractivity contribution in [2.75, 3.05) is 0 Å². The number of allylic oxidation sites excluding steroid dienone is 2. The molecule has 0 saturated heterocycles. The molecule has 3 aliphatic rings. The SMILES string of the molecule is N#C[C@@H]1C[C@H]2C=C[C@@H]1C[C@@H]2C#N. The lowest BCUT2D eigenvalue weighted by Crippen LogP contribution is -2.32. The summed E-state index contributed by atoms with van der Waals surface area (Å²) >= 11 is 0. The maximum absolute atomic E-state index is 8.81. The van der Waals surface area contributed by atoms with E-state index >= 15 is 0 Å². The first-order chi connectivity index (χ1) is 5.85. The van der Waals surface area contributed by atoms with Gasteiger partial charge in [0.05, 0.1) is 24.0 Å². The average molecular weight is 158 g/mol. The van der Waals surface area contributed by atoms with Crippen molar-refractivity contribution in [3.63, 3.8) is 0 Å². The molecule has 0 unspecified atom stereocenters. The molecule has 12 heavy (non-hydrogen) atoms. The molecule has 0 aromatic heterocycles. The lowest BCUT2D eigenvalue weighted by molar-refractivity contribution is 0.220. The van der Waals surface area contributed by atoms with E-state index in [9.17, 15) is 0 Å². The molecule has 1 saturated carbocycles. The van der Waals surface area contributed by atoms with Gasteiger partial charge in [-0.15, -0.1) is 0 Å². The van der Waals surface area contributed by atoms with Crippen LogP contribution in [-0.2, 0) is 0 Å². The van der Waals surface area contributed by atoms with Crippen LogP contribution < -0.4 is 0 Å². The lowest BCUT2D eigenvalue weighted by atomic mass is 9.65. The van der Waals surface area contributed by atoms with E-state index < -0.39 is 0 Å². The highest BCUT2D eigenvalue weighted by Gasteiger charge is 2.38. The van der Waals surface area contributed by atoms with Crippen molar-refractivity contribution in [1.82, 2.24) is 0 Å². The maximum atomic E-state index is 8.81. The Morgan fingerprint density at radius 3 is 1.58 bits per heavy atom. The van der Waals surface area contributed by atoms with Gasteiger partial charge >= 0.3 is 0 Å². The first-order valence-corrected chi connectivity index (χ1v) is 4.32. The van der Waals surface area contributed by atoms with Crippen LogP contribution in [-0.4, -0.2) is 0 Å². The third-order valence-corrected chi connectivity index (χ3v) is 3.02. The molecular weight excluding hydrogens is 148 g/mol. The molecule has 2 nitrogen and oxygen atoms in total. The van der Waals surface area contributed by atoms with Crippen LogP contribution in [0.1, 0.15) is 12.8 Å². The molecule has 60 valence electrons. The van der Waals surface area contributed by atoms with E-state index in [1.54, 1.807) is 0 Å². The number of nitrogens with zero attached hydrogens (tertiary/aromatic N) is 2. The fraction of sp³-hybridized carbons (Fsp3) is 0.600. The Balaban J connectivity index is 2.22. The van der Waals surface area contributed by atoms with Crippen LogP contribution in [0.5, 0.6) is 0 Å². The highest BCUT2D eigenvalue weighted by molar-refractivity contribution is 5.16. The van der Waals surface area contributed by atoms with E-state index in [1.807, 2.05) is 0 Å². The van der Waals surface area contributed by atoms with Crippen molar-refractivity contribution in [2.45, 2.75) is 12.8 Å². The summed E-state index contributed by atoms with van der Waals surface area (Å²) in [5.74, 6) is 1.04. The molecular formula is C10H10N2. The molecule has 0 heterocycles. The van der Waals surface area contributed by atoms with E-state index in [2.05, 4.69) is 24.3 Å². The van der Waals surface area contributed by atoms with Crippen LogP contribution in [0.4, 0.5) is 0 Å². The fourth-order valence-corrected chi connectivity index (χ4v) is 2.27. The largest absolute Gasteiger partial charge is 0.198 e. The average Bonchev–Trinajstić information content (AvgIpc) is 2.18. The van der Waals surface area contributed by atoms with Gasteiger partial charge in [-0.1, -0.05) is 12.2 Å². The number of hydrogen-bond acceptors (Lipinski definition) is 2. The van der Waals surface area contributed by atoms with Crippen LogP contribution >= 0.6 is 0 Å². The van der Waals surface area contributed by atoms with Gasteiger partial charge in [0.2, 0.25) is 0 Å². The van der Waals surface area contributed by atoms with Gasteiger partial charge in [-0.2, -0.15) is 10.5 Å². The molecule has 0 aliphatic heterocycles. The molecule has 0 aromatic carbocycles. The van der Waals surface area contributed by atoms with Gasteiger partial charge in [-0.3, -0.25) is 0 Å². The third kappa shape index (κ3) is 0.924. The molecule has 3 aliphatic carbocycles. The second-order valence-electron chi connectivity index (χ2n) is 3.66. The molecule has 3 rings (SSSR count). The molecule has 0 amide bonds. The van der Waals surface area contributed by atoms with E-state index in [1.165, 1.54) is 0 Å². The van der Waals surface area contributed by atoms with Crippen LogP contribution in [0.25, 0.3) is 0 Å². The van der Waals surface area contributed by atoms with Crippen molar-refractivity contribution in [3.05, 3.63) is 12.2 Å². The van der Waals surface area contributed by atoms with Crippen LogP contribution in [0.2, 0.25) is 0 Å². The zero-order valence-electron chi connectivity index (χ0n) is 6.77. The summed E-state index contributed by atoms with van der Waals surface area (Å²) in [6, 6.07) is 4.64. The normalized spacial score (nSPS) is 43.5. The van der Waals surface area contributed by atoms with Gasteiger partial charge in [0.1, 0.15) is 0 Å². The second kappa shape index (κ2) is 2.64. The highest BCUT2D eigenvalue weighted by Crippen LogP contribution is 2.43. The second-order valence-corrected chi connectivity index (χ2v) is 3.66. The van der Waals surface area contributed by atoms with Crippen molar-refractivity contribution in [3.8, 4) is 12.1 Å². The summed E-state index contributed by atoms with van der Waals surface area (Å²) in [7, 11) is 0. The monoisotopic (exact) mass is 158 g/mol. The van der Waals surface area contributed by atoms with E-state index in [4.69, 9.17) is 10.5 Å². The maximum Gasteiger partial charge on any atom is 0.0662 e. The summed E-state index contributed by atoms with van der Waals surface area (Å²) in [5.41, 5.74) is 0. The number of rotatable bonds is 0. The van der Waals surface area contributed by atoms with Crippen molar-refractivity contribution < 1.29 is 0 Å². The Hall–Kier alpha value is -1.28. The van der Waals surface area contributed by atoms with Gasteiger partial charge in [0, 0.05) is 0 Å². The molecule has 0 N–H and O–H groups in total. The Bertz CT molecular complexity index is 262. The number of nitriles is 2. The van der Waals surface area contributed by atoms with Gasteiger partial charge in [0.25, 0.3) is 0 Å². The van der Waals surface area contributed by atoms with Gasteiger partial charge in [-0.25, -0.2) is 0 Å². The Morgan fingerprint density at radius 1 is 0.917 bits per heavy atom. The van der Waals surface area contributed by atoms with Gasteiger partial charge in [-0.05, 0) is 24.7 Å². The van der Waals surface area contributed by atoms with Crippen LogP contribution in [0.15, 0.2) is 12.2 Å². The summed E-state index contributed by atoms with van der Waals surface area (Å²) in [6.07, 6.45) is 6.04. The third-order valence-electron chi connectivity index (χ3n) is 3.02. The Labute approximate surface area is 72.1 Å². The molecule has 1 fully saturated rings. The summed E-state index contributed by atoms with van der Waals surface area (Å²) in [5, 5.41) is 17.6. The summed E-state index contributed by atoms with van der Waals surface area (Å²) in [6.45, 7) is 0. The predicted octanol–water partition coefficient (Wildman–Crippen LogP) is 1.86. The van der Waals surface area contributed by atoms with Crippen LogP contribution in [0, 0.1) is 46.3 Å². The van der Waals surface area contributed by atoms with Gasteiger partial charge in [0.15, 0.2) is 0 Å². The summed E-state index contributed by atoms with van der Waals surface area (Å²) in [4.78, 5) is 0. The van der Waals surface area contributed by atoms with E-state index in [-0.39, 0.29) is 11.8 Å².